The predicted octanol–water partition coefficient (Wildman–Crippen LogP) is 4.01. The van der Waals surface area contributed by atoms with Gasteiger partial charge in [-0.3, -0.25) is 14.4 Å². The maximum Gasteiger partial charge on any atom is 0.263 e. The fourth-order valence-electron chi connectivity index (χ4n) is 4.31. The Morgan fingerprint density at radius 3 is 2.62 bits per heavy atom. The molecular weight excluding hydrogens is 504 g/mol. The second kappa shape index (κ2) is 10.7. The van der Waals surface area contributed by atoms with Crippen LogP contribution in [0.4, 0.5) is 8.78 Å². The van der Waals surface area contributed by atoms with Crippen molar-refractivity contribution in [2.24, 2.45) is 0 Å². The van der Waals surface area contributed by atoms with Gasteiger partial charge in [-0.25, -0.2) is 13.8 Å². The zero-order valence-corrected chi connectivity index (χ0v) is 20.8. The highest BCUT2D eigenvalue weighted by Crippen LogP contribution is 2.29. The fourth-order valence-corrected chi connectivity index (χ4v) is 4.31. The SMILES string of the molecule is CNC(=O)c1cnc2[nH]cc(-c3cccc(CNC(=O)c4cccn(Cc5ccc(F)c(F)c5)c4=O)c3)c2c1. The maximum absolute atomic E-state index is 13.6. The number of fused-ring (bicyclic) bond motifs is 1. The first-order chi connectivity index (χ1) is 18.8. The highest BCUT2D eigenvalue weighted by atomic mass is 19.2. The molecule has 196 valence electrons. The van der Waals surface area contributed by atoms with E-state index in [-0.39, 0.29) is 24.6 Å². The number of carbonyl (C=O) groups excluding carboxylic acids is 2. The first-order valence-electron chi connectivity index (χ1n) is 12.0. The van der Waals surface area contributed by atoms with Crippen LogP contribution in [0, 0.1) is 11.6 Å². The third-order valence-corrected chi connectivity index (χ3v) is 6.31. The van der Waals surface area contributed by atoms with E-state index in [9.17, 15) is 23.2 Å². The van der Waals surface area contributed by atoms with Crippen LogP contribution in [0.5, 0.6) is 0 Å². The third-order valence-electron chi connectivity index (χ3n) is 6.31. The Kier molecular flexibility index (Phi) is 7.00. The lowest BCUT2D eigenvalue weighted by Crippen LogP contribution is -2.32. The molecule has 0 saturated carbocycles. The monoisotopic (exact) mass is 527 g/mol. The van der Waals surface area contributed by atoms with Gasteiger partial charge in [-0.05, 0) is 53.1 Å². The summed E-state index contributed by atoms with van der Waals surface area (Å²) in [6.07, 6.45) is 4.79. The summed E-state index contributed by atoms with van der Waals surface area (Å²) in [5.41, 5.74) is 3.35. The summed E-state index contributed by atoms with van der Waals surface area (Å²) in [5, 5.41) is 6.14. The summed E-state index contributed by atoms with van der Waals surface area (Å²) in [5.74, 6) is -2.78. The summed E-state index contributed by atoms with van der Waals surface area (Å²) < 4.78 is 28.1. The molecule has 5 rings (SSSR count). The summed E-state index contributed by atoms with van der Waals surface area (Å²) in [7, 11) is 1.56. The maximum atomic E-state index is 13.6. The van der Waals surface area contributed by atoms with Crippen molar-refractivity contribution in [3.05, 3.63) is 123 Å². The zero-order valence-electron chi connectivity index (χ0n) is 20.8. The predicted molar refractivity (Wildman–Crippen MR) is 142 cm³/mol. The highest BCUT2D eigenvalue weighted by Gasteiger charge is 2.14. The number of carbonyl (C=O) groups is 2. The number of nitrogens with one attached hydrogen (secondary N) is 3. The molecule has 0 bridgehead atoms. The minimum Gasteiger partial charge on any atom is -0.355 e. The minimum absolute atomic E-state index is 0.0136. The summed E-state index contributed by atoms with van der Waals surface area (Å²) in [4.78, 5) is 45.3. The largest absolute Gasteiger partial charge is 0.355 e. The van der Waals surface area contributed by atoms with Gasteiger partial charge in [0, 0.05) is 43.1 Å². The zero-order chi connectivity index (χ0) is 27.5. The lowest BCUT2D eigenvalue weighted by atomic mass is 10.0. The van der Waals surface area contributed by atoms with Gasteiger partial charge in [0.15, 0.2) is 11.6 Å². The molecule has 0 radical (unpaired) electrons. The number of aromatic amines is 1. The van der Waals surface area contributed by atoms with E-state index in [0.29, 0.717) is 16.8 Å². The van der Waals surface area contributed by atoms with Gasteiger partial charge < -0.3 is 20.2 Å². The smallest absolute Gasteiger partial charge is 0.263 e. The Morgan fingerprint density at radius 1 is 0.974 bits per heavy atom. The van der Waals surface area contributed by atoms with Crippen LogP contribution in [0.1, 0.15) is 31.8 Å². The second-order valence-electron chi connectivity index (χ2n) is 8.89. The molecule has 0 fully saturated rings. The molecule has 3 heterocycles. The second-order valence-corrected chi connectivity index (χ2v) is 8.89. The molecule has 10 heteroatoms. The molecule has 2 aromatic carbocycles. The van der Waals surface area contributed by atoms with Crippen LogP contribution in [0.15, 0.2) is 84.0 Å². The van der Waals surface area contributed by atoms with Crippen molar-refractivity contribution < 1.29 is 18.4 Å². The van der Waals surface area contributed by atoms with Crippen molar-refractivity contribution in [1.29, 1.82) is 0 Å². The third kappa shape index (κ3) is 5.30. The van der Waals surface area contributed by atoms with E-state index >= 15 is 0 Å². The molecule has 0 spiro atoms. The molecular formula is C29H23F2N5O3. The lowest BCUT2D eigenvalue weighted by Gasteiger charge is -2.10. The van der Waals surface area contributed by atoms with Gasteiger partial charge in [0.05, 0.1) is 12.1 Å². The van der Waals surface area contributed by atoms with E-state index in [1.165, 1.54) is 29.1 Å². The number of hydrogen-bond acceptors (Lipinski definition) is 4. The molecule has 39 heavy (non-hydrogen) atoms. The Balaban J connectivity index is 1.33. The standard InChI is InChI=1S/C29H23F2N5O3/c1-32-27(37)20-12-22-23(15-34-26(22)33-14-20)19-5-2-4-17(10-19)13-35-28(38)21-6-3-9-36(29(21)39)16-18-7-8-24(30)25(31)11-18/h2-12,14-15H,13,16H2,1H3,(H,32,37)(H,33,34)(H,35,38). The normalized spacial score (nSPS) is 10.9. The van der Waals surface area contributed by atoms with Gasteiger partial charge in [-0.15, -0.1) is 0 Å². The number of rotatable bonds is 7. The molecule has 0 aliphatic rings. The average Bonchev–Trinajstić information content (AvgIpc) is 3.38. The first kappa shape index (κ1) is 25.5. The topological polar surface area (TPSA) is 109 Å². The molecule has 3 N–H and O–H groups in total. The number of hydrogen-bond donors (Lipinski definition) is 3. The van der Waals surface area contributed by atoms with Crippen molar-refractivity contribution in [3.63, 3.8) is 0 Å². The minimum atomic E-state index is -1.01. The van der Waals surface area contributed by atoms with E-state index in [4.69, 9.17) is 0 Å². The number of nitrogens with zero attached hydrogens (tertiary/aromatic N) is 2. The Morgan fingerprint density at radius 2 is 1.82 bits per heavy atom. The summed E-state index contributed by atoms with van der Waals surface area (Å²) >= 11 is 0. The molecule has 2 amide bonds. The summed E-state index contributed by atoms with van der Waals surface area (Å²) in [6, 6.07) is 15.6. The van der Waals surface area contributed by atoms with Crippen LogP contribution in [-0.2, 0) is 13.1 Å². The van der Waals surface area contributed by atoms with E-state index in [1.807, 2.05) is 30.5 Å². The lowest BCUT2D eigenvalue weighted by molar-refractivity contribution is 0.0945. The first-order valence-corrected chi connectivity index (χ1v) is 12.0. The van der Waals surface area contributed by atoms with Crippen molar-refractivity contribution in [2.45, 2.75) is 13.1 Å². The molecule has 0 aliphatic heterocycles. The van der Waals surface area contributed by atoms with Crippen LogP contribution in [0.3, 0.4) is 0 Å². The Bertz CT molecular complexity index is 1780. The number of benzene rings is 2. The van der Waals surface area contributed by atoms with Crippen molar-refractivity contribution >= 4 is 22.8 Å². The van der Waals surface area contributed by atoms with Gasteiger partial charge in [0.1, 0.15) is 11.2 Å². The van der Waals surface area contributed by atoms with Crippen molar-refractivity contribution in [2.75, 3.05) is 7.05 Å². The number of halogens is 2. The van der Waals surface area contributed by atoms with E-state index in [0.717, 1.165) is 34.2 Å². The van der Waals surface area contributed by atoms with Crippen molar-refractivity contribution in [1.82, 2.24) is 25.2 Å². The Hall–Kier alpha value is -5.12. The molecule has 0 atom stereocenters. The molecule has 0 saturated heterocycles. The highest BCUT2D eigenvalue weighted by molar-refractivity contribution is 6.01. The number of pyridine rings is 2. The summed E-state index contributed by atoms with van der Waals surface area (Å²) in [6.45, 7) is 0.147. The van der Waals surface area contributed by atoms with Crippen LogP contribution < -0.4 is 16.2 Å². The van der Waals surface area contributed by atoms with Crippen molar-refractivity contribution in [3.8, 4) is 11.1 Å². The number of aromatic nitrogens is 3. The average molecular weight is 528 g/mol. The Labute approximate surface area is 221 Å². The van der Waals surface area contributed by atoms with Gasteiger partial charge in [-0.1, -0.05) is 24.3 Å². The van der Waals surface area contributed by atoms with E-state index in [1.54, 1.807) is 19.2 Å². The molecule has 0 unspecified atom stereocenters. The van der Waals surface area contributed by atoms with Gasteiger partial charge in [0.25, 0.3) is 17.4 Å². The van der Waals surface area contributed by atoms with Crippen LogP contribution in [-0.4, -0.2) is 33.4 Å². The van der Waals surface area contributed by atoms with Gasteiger partial charge >= 0.3 is 0 Å². The van der Waals surface area contributed by atoms with E-state index in [2.05, 4.69) is 20.6 Å². The van der Waals surface area contributed by atoms with E-state index < -0.39 is 23.1 Å². The van der Waals surface area contributed by atoms with Crippen LogP contribution >= 0.6 is 0 Å². The fraction of sp³-hybridized carbons (Fsp3) is 0.103. The van der Waals surface area contributed by atoms with Crippen LogP contribution in [0.2, 0.25) is 0 Å². The number of amides is 2. The van der Waals surface area contributed by atoms with Gasteiger partial charge in [-0.2, -0.15) is 0 Å². The quantitative estimate of drug-likeness (QED) is 0.297. The van der Waals surface area contributed by atoms with Crippen LogP contribution in [0.25, 0.3) is 22.2 Å². The molecule has 0 aliphatic carbocycles. The van der Waals surface area contributed by atoms with Gasteiger partial charge in [0.2, 0.25) is 0 Å². The molecule has 8 nitrogen and oxygen atoms in total. The molecule has 3 aromatic heterocycles. The number of H-pyrrole nitrogens is 1. The molecule has 5 aromatic rings.